The summed E-state index contributed by atoms with van der Waals surface area (Å²) in [5.41, 5.74) is 4.26. The first-order chi connectivity index (χ1) is 14.5. The highest BCUT2D eigenvalue weighted by Gasteiger charge is 2.26. The van der Waals surface area contributed by atoms with Gasteiger partial charge in [-0.05, 0) is 66.8 Å². The number of piperazine rings is 1. The lowest BCUT2D eigenvalue weighted by Crippen LogP contribution is -3.28. The summed E-state index contributed by atoms with van der Waals surface area (Å²) in [5.74, 6) is -0.354. The van der Waals surface area contributed by atoms with Gasteiger partial charge in [-0.25, -0.2) is 4.39 Å². The van der Waals surface area contributed by atoms with Crippen molar-refractivity contribution in [1.29, 1.82) is 0 Å². The zero-order valence-corrected chi connectivity index (χ0v) is 17.1. The number of halogens is 1. The molecule has 2 aromatic rings. The summed E-state index contributed by atoms with van der Waals surface area (Å²) in [7, 11) is 0. The summed E-state index contributed by atoms with van der Waals surface area (Å²) in [6.45, 7) is 4.24. The topological polar surface area (TPSA) is 67.1 Å². The van der Waals surface area contributed by atoms with E-state index in [4.69, 9.17) is 0 Å². The van der Waals surface area contributed by atoms with E-state index in [2.05, 4.69) is 22.8 Å². The van der Waals surface area contributed by atoms with Crippen LogP contribution in [0.5, 0.6) is 0 Å². The number of carbonyl (C=O) groups is 2. The van der Waals surface area contributed by atoms with Crippen LogP contribution in [0.25, 0.3) is 0 Å². The van der Waals surface area contributed by atoms with Crippen molar-refractivity contribution >= 4 is 23.2 Å². The third-order valence-electron chi connectivity index (χ3n) is 6.00. The van der Waals surface area contributed by atoms with Crippen molar-refractivity contribution in [1.82, 2.24) is 0 Å². The summed E-state index contributed by atoms with van der Waals surface area (Å²) < 4.78 is 13.0. The minimum atomic E-state index is -0.321. The van der Waals surface area contributed by atoms with Gasteiger partial charge in [0.15, 0.2) is 13.1 Å². The van der Waals surface area contributed by atoms with E-state index in [1.54, 1.807) is 12.1 Å². The number of hydrogen-bond donors (Lipinski definition) is 4. The first kappa shape index (κ1) is 20.5. The first-order valence-corrected chi connectivity index (χ1v) is 10.7. The molecule has 2 aliphatic rings. The Morgan fingerprint density at radius 3 is 1.93 bits per heavy atom. The Hall–Kier alpha value is -2.77. The second kappa shape index (κ2) is 9.36. The van der Waals surface area contributed by atoms with Gasteiger partial charge in [0, 0.05) is 11.4 Å². The molecule has 0 unspecified atom stereocenters. The normalized spacial score (nSPS) is 20.4. The summed E-state index contributed by atoms with van der Waals surface area (Å²) >= 11 is 0. The van der Waals surface area contributed by atoms with Gasteiger partial charge in [0.05, 0.1) is 0 Å². The third-order valence-corrected chi connectivity index (χ3v) is 6.00. The maximum Gasteiger partial charge on any atom is 0.279 e. The number of fused-ring (bicyclic) bond motifs is 1. The van der Waals surface area contributed by atoms with Crippen LogP contribution in [0.4, 0.5) is 15.8 Å². The lowest BCUT2D eigenvalue weighted by atomic mass is 10.1. The number of quaternary nitrogens is 2. The number of aryl methyl sites for hydroxylation is 2. The van der Waals surface area contributed by atoms with Crippen molar-refractivity contribution < 1.29 is 23.8 Å². The fraction of sp³-hybridized carbons (Fsp3) is 0.391. The van der Waals surface area contributed by atoms with Crippen LogP contribution in [0.1, 0.15) is 17.5 Å². The van der Waals surface area contributed by atoms with Crippen LogP contribution in [0.2, 0.25) is 0 Å². The molecule has 1 fully saturated rings. The fourth-order valence-electron chi connectivity index (χ4n) is 4.36. The quantitative estimate of drug-likeness (QED) is 0.525. The molecule has 1 heterocycles. The van der Waals surface area contributed by atoms with Gasteiger partial charge in [0.2, 0.25) is 0 Å². The smallest absolute Gasteiger partial charge is 0.279 e. The van der Waals surface area contributed by atoms with Gasteiger partial charge in [-0.3, -0.25) is 9.59 Å². The number of carbonyl (C=O) groups excluding carboxylic acids is 2. The standard InChI is InChI=1S/C23H27FN4O2/c24-19-5-8-20(9-6-19)25-22(29)15-27-10-12-28(13-11-27)16-23(30)26-21-7-4-17-2-1-3-18(17)14-21/h4-9,14H,1-3,10-13,15-16H2,(H,25,29)(H,26,30)/p+2. The Kier molecular flexibility index (Phi) is 6.40. The molecule has 6 nitrogen and oxygen atoms in total. The van der Waals surface area contributed by atoms with Gasteiger partial charge in [0.25, 0.3) is 11.8 Å². The maximum atomic E-state index is 13.0. The van der Waals surface area contributed by atoms with E-state index in [1.807, 2.05) is 6.07 Å². The Morgan fingerprint density at radius 2 is 1.30 bits per heavy atom. The van der Waals surface area contributed by atoms with Crippen LogP contribution in [0.15, 0.2) is 42.5 Å². The highest BCUT2D eigenvalue weighted by atomic mass is 19.1. The van der Waals surface area contributed by atoms with E-state index in [1.165, 1.54) is 39.5 Å². The molecule has 0 spiro atoms. The third kappa shape index (κ3) is 5.43. The van der Waals surface area contributed by atoms with E-state index in [-0.39, 0.29) is 17.6 Å². The van der Waals surface area contributed by atoms with Crippen LogP contribution in [0.3, 0.4) is 0 Å². The lowest BCUT2D eigenvalue weighted by Gasteiger charge is -2.29. The van der Waals surface area contributed by atoms with Gasteiger partial charge in [0.1, 0.15) is 32.0 Å². The van der Waals surface area contributed by atoms with Gasteiger partial charge in [-0.15, -0.1) is 0 Å². The minimum absolute atomic E-state index is 0.0421. The molecule has 158 valence electrons. The zero-order valence-electron chi connectivity index (χ0n) is 17.1. The Morgan fingerprint density at radius 1 is 0.767 bits per heavy atom. The predicted molar refractivity (Wildman–Crippen MR) is 113 cm³/mol. The van der Waals surface area contributed by atoms with Crippen molar-refractivity contribution in [2.45, 2.75) is 19.3 Å². The van der Waals surface area contributed by atoms with Crippen LogP contribution in [-0.4, -0.2) is 51.1 Å². The largest absolute Gasteiger partial charge is 0.321 e. The predicted octanol–water partition coefficient (Wildman–Crippen LogP) is -0.325. The SMILES string of the molecule is O=C(C[NH+]1CC[NH+](CC(=O)Nc2ccc3c(c2)CCC3)CC1)Nc1ccc(F)cc1. The highest BCUT2D eigenvalue weighted by molar-refractivity contribution is 5.92. The molecule has 2 amide bonds. The molecule has 1 aliphatic carbocycles. The summed E-state index contributed by atoms with van der Waals surface area (Å²) in [6.07, 6.45) is 3.44. The monoisotopic (exact) mass is 412 g/mol. The van der Waals surface area contributed by atoms with Crippen molar-refractivity contribution in [3.8, 4) is 0 Å². The zero-order chi connectivity index (χ0) is 20.9. The molecule has 1 aliphatic heterocycles. The molecule has 0 radical (unpaired) electrons. The molecular formula is C23H29FN4O2+2. The molecule has 30 heavy (non-hydrogen) atoms. The van der Waals surface area contributed by atoms with Crippen molar-refractivity contribution in [3.05, 3.63) is 59.4 Å². The van der Waals surface area contributed by atoms with Crippen molar-refractivity contribution in [3.63, 3.8) is 0 Å². The molecule has 0 bridgehead atoms. The summed E-state index contributed by atoms with van der Waals surface area (Å²) in [6, 6.07) is 12.0. The number of benzene rings is 2. The van der Waals surface area contributed by atoms with Gasteiger partial charge in [-0.1, -0.05) is 6.07 Å². The molecule has 1 saturated heterocycles. The average molecular weight is 413 g/mol. The van der Waals surface area contributed by atoms with Crippen LogP contribution in [0, 0.1) is 5.82 Å². The fourth-order valence-corrected chi connectivity index (χ4v) is 4.36. The van der Waals surface area contributed by atoms with Crippen LogP contribution < -0.4 is 20.4 Å². The van der Waals surface area contributed by atoms with E-state index in [0.717, 1.165) is 44.7 Å². The lowest BCUT2D eigenvalue weighted by molar-refractivity contribution is -1.00. The van der Waals surface area contributed by atoms with E-state index >= 15 is 0 Å². The molecular weight excluding hydrogens is 383 g/mol. The average Bonchev–Trinajstić information content (AvgIpc) is 3.19. The summed E-state index contributed by atoms with van der Waals surface area (Å²) in [5, 5.41) is 5.84. The van der Waals surface area contributed by atoms with Gasteiger partial charge < -0.3 is 20.4 Å². The molecule has 0 saturated carbocycles. The van der Waals surface area contributed by atoms with Crippen molar-refractivity contribution in [2.75, 3.05) is 49.9 Å². The van der Waals surface area contributed by atoms with Crippen LogP contribution >= 0.6 is 0 Å². The molecule has 0 atom stereocenters. The molecule has 2 aromatic carbocycles. The number of anilines is 2. The Bertz CT molecular complexity index is 908. The number of nitrogens with one attached hydrogen (secondary N) is 4. The molecule has 4 N–H and O–H groups in total. The second-order valence-corrected chi connectivity index (χ2v) is 8.29. The van der Waals surface area contributed by atoms with Crippen molar-refractivity contribution in [2.24, 2.45) is 0 Å². The van der Waals surface area contributed by atoms with Gasteiger partial charge >= 0.3 is 0 Å². The second-order valence-electron chi connectivity index (χ2n) is 8.29. The van der Waals surface area contributed by atoms with E-state index in [0.29, 0.717) is 18.8 Å². The number of rotatable bonds is 6. The first-order valence-electron chi connectivity index (χ1n) is 10.7. The molecule has 0 aromatic heterocycles. The number of amides is 2. The molecule has 7 heteroatoms. The van der Waals surface area contributed by atoms with Crippen LogP contribution in [-0.2, 0) is 22.4 Å². The van der Waals surface area contributed by atoms with E-state index in [9.17, 15) is 14.0 Å². The number of hydrogen-bond acceptors (Lipinski definition) is 2. The van der Waals surface area contributed by atoms with Gasteiger partial charge in [-0.2, -0.15) is 0 Å². The highest BCUT2D eigenvalue weighted by Crippen LogP contribution is 2.24. The maximum absolute atomic E-state index is 13.0. The van der Waals surface area contributed by atoms with E-state index < -0.39 is 0 Å². The Labute approximate surface area is 176 Å². The minimum Gasteiger partial charge on any atom is -0.321 e. The Balaban J connectivity index is 1.18. The summed E-state index contributed by atoms with van der Waals surface area (Å²) in [4.78, 5) is 27.1. The molecule has 4 rings (SSSR count).